The first-order valence-electron chi connectivity index (χ1n) is 14.9. The first kappa shape index (κ1) is 37.2. The highest BCUT2D eigenvalue weighted by atomic mass is 32.2. The standard InChI is InChI=1S/C34H46F3N3O2S2/c1-9-13-16-27(11-3)39-33(23(5)10-2)38-20-19-24(6)32(43-12-4)26(8)42-31-25(7)21-30(28-17-14-15-18-29(28)31)40-44(41)22-34(35,36)37/h12,14-15,17-21,23,27,40H,4,6,9-11,13,16,22H2,1-3,5,7-8H3,(H,38,39)/b20-19-,32-26+. The van der Waals surface area contributed by atoms with E-state index in [-0.39, 0.29) is 12.0 Å². The van der Waals surface area contributed by atoms with Gasteiger partial charge in [0.05, 0.1) is 16.6 Å². The molecular formula is C34H46F3N3O2S2. The summed E-state index contributed by atoms with van der Waals surface area (Å²) in [6.07, 6.45) is 4.53. The van der Waals surface area contributed by atoms with Gasteiger partial charge in [-0.05, 0) is 61.8 Å². The molecule has 10 heteroatoms. The molecule has 2 aromatic rings. The second-order valence-electron chi connectivity index (χ2n) is 10.6. The predicted molar refractivity (Wildman–Crippen MR) is 184 cm³/mol. The molecule has 0 heterocycles. The van der Waals surface area contributed by atoms with E-state index in [9.17, 15) is 17.4 Å². The number of fused-ring (bicyclic) bond motifs is 1. The Morgan fingerprint density at radius 3 is 2.45 bits per heavy atom. The molecule has 3 atom stereocenters. The van der Waals surface area contributed by atoms with Crippen LogP contribution in [0.5, 0.6) is 5.75 Å². The Balaban J connectivity index is 2.38. The number of halogens is 3. The molecule has 0 saturated carbocycles. The summed E-state index contributed by atoms with van der Waals surface area (Å²) in [5.41, 5.74) is 1.72. The highest BCUT2D eigenvalue weighted by Gasteiger charge is 2.31. The second-order valence-corrected chi connectivity index (χ2v) is 12.8. The number of anilines is 1. The first-order valence-corrected chi connectivity index (χ1v) is 17.1. The Morgan fingerprint density at radius 2 is 1.86 bits per heavy atom. The minimum Gasteiger partial charge on any atom is -0.460 e. The van der Waals surface area contributed by atoms with E-state index in [1.807, 2.05) is 31.3 Å². The number of ether oxygens (including phenoxy) is 1. The molecule has 0 amide bonds. The van der Waals surface area contributed by atoms with Crippen molar-refractivity contribution >= 4 is 45.0 Å². The minimum atomic E-state index is -4.55. The highest BCUT2D eigenvalue weighted by molar-refractivity contribution is 8.06. The van der Waals surface area contributed by atoms with Crippen LogP contribution in [0.25, 0.3) is 10.8 Å². The molecule has 0 bridgehead atoms. The van der Waals surface area contributed by atoms with Crippen molar-refractivity contribution in [3.63, 3.8) is 0 Å². The summed E-state index contributed by atoms with van der Waals surface area (Å²) < 4.78 is 59.5. The lowest BCUT2D eigenvalue weighted by molar-refractivity contribution is -0.105. The number of unbranched alkanes of at least 4 members (excludes halogenated alkanes) is 1. The van der Waals surface area contributed by atoms with Crippen LogP contribution in [0.4, 0.5) is 18.9 Å². The normalized spacial score (nSPS) is 15.1. The number of hydrogen-bond donors (Lipinski definition) is 2. The van der Waals surface area contributed by atoms with Gasteiger partial charge in [-0.25, -0.2) is 4.21 Å². The van der Waals surface area contributed by atoms with Crippen LogP contribution in [-0.4, -0.2) is 28.0 Å². The topological polar surface area (TPSA) is 62.7 Å². The van der Waals surface area contributed by atoms with Crippen LogP contribution in [0.15, 0.2) is 82.4 Å². The van der Waals surface area contributed by atoms with Gasteiger partial charge in [0.25, 0.3) is 0 Å². The molecule has 0 aliphatic carbocycles. The van der Waals surface area contributed by atoms with Crippen molar-refractivity contribution in [2.45, 2.75) is 85.9 Å². The zero-order valence-electron chi connectivity index (χ0n) is 26.6. The smallest absolute Gasteiger partial charge is 0.402 e. The molecule has 0 aromatic heterocycles. The van der Waals surface area contributed by atoms with E-state index < -0.39 is 22.9 Å². The largest absolute Gasteiger partial charge is 0.460 e. The van der Waals surface area contributed by atoms with Gasteiger partial charge in [-0.3, -0.25) is 4.99 Å². The van der Waals surface area contributed by atoms with E-state index in [2.05, 4.69) is 50.9 Å². The van der Waals surface area contributed by atoms with Crippen molar-refractivity contribution < 1.29 is 22.1 Å². The summed E-state index contributed by atoms with van der Waals surface area (Å²) in [4.78, 5) is 5.81. The third kappa shape index (κ3) is 11.5. The molecule has 2 aromatic carbocycles. The maximum Gasteiger partial charge on any atom is 0.402 e. The molecule has 2 rings (SSSR count). The predicted octanol–water partition coefficient (Wildman–Crippen LogP) is 10.3. The Bertz CT molecular complexity index is 1400. The van der Waals surface area contributed by atoms with Crippen LogP contribution in [0, 0.1) is 12.8 Å². The molecule has 0 radical (unpaired) electrons. The summed E-state index contributed by atoms with van der Waals surface area (Å²) in [6.45, 7) is 20.5. The summed E-state index contributed by atoms with van der Waals surface area (Å²) in [5, 5.41) is 6.38. The monoisotopic (exact) mass is 649 g/mol. The van der Waals surface area contributed by atoms with E-state index in [1.54, 1.807) is 30.5 Å². The number of benzene rings is 2. The number of amidine groups is 1. The Labute approximate surface area is 267 Å². The van der Waals surface area contributed by atoms with E-state index in [0.717, 1.165) is 42.8 Å². The maximum absolute atomic E-state index is 12.8. The lowest BCUT2D eigenvalue weighted by Crippen LogP contribution is -2.27. The van der Waals surface area contributed by atoms with Crippen molar-refractivity contribution in [3.05, 3.63) is 83.0 Å². The van der Waals surface area contributed by atoms with Gasteiger partial charge in [0.1, 0.15) is 34.1 Å². The lowest BCUT2D eigenvalue weighted by Gasteiger charge is -2.19. The zero-order chi connectivity index (χ0) is 32.9. The zero-order valence-corrected chi connectivity index (χ0v) is 28.3. The number of allylic oxidation sites excluding steroid dienone is 3. The molecule has 0 spiro atoms. The Morgan fingerprint density at radius 1 is 1.18 bits per heavy atom. The molecule has 5 nitrogen and oxygen atoms in total. The van der Waals surface area contributed by atoms with Crippen molar-refractivity contribution in [3.8, 4) is 5.75 Å². The quantitative estimate of drug-likeness (QED) is 0.0775. The third-order valence-corrected chi connectivity index (χ3v) is 9.03. The summed E-state index contributed by atoms with van der Waals surface area (Å²) >= 11 is 1.38. The van der Waals surface area contributed by atoms with Gasteiger partial charge in [0, 0.05) is 22.9 Å². The molecular weight excluding hydrogens is 604 g/mol. The van der Waals surface area contributed by atoms with Crippen LogP contribution in [0.1, 0.15) is 72.3 Å². The van der Waals surface area contributed by atoms with Crippen molar-refractivity contribution in [1.29, 1.82) is 0 Å². The van der Waals surface area contributed by atoms with Gasteiger partial charge in [-0.15, -0.1) is 0 Å². The fourth-order valence-corrected chi connectivity index (χ4v) is 5.86. The van der Waals surface area contributed by atoms with Crippen LogP contribution >= 0.6 is 11.8 Å². The minimum absolute atomic E-state index is 0.283. The summed E-state index contributed by atoms with van der Waals surface area (Å²) in [7, 11) is -2.33. The first-order chi connectivity index (χ1) is 20.8. The van der Waals surface area contributed by atoms with E-state index in [4.69, 9.17) is 9.73 Å². The molecule has 2 N–H and O–H groups in total. The lowest BCUT2D eigenvalue weighted by atomic mass is 10.0. The number of aryl methyl sites for hydroxylation is 1. The number of rotatable bonds is 17. The molecule has 3 unspecified atom stereocenters. The number of aliphatic imine (C=N–C) groups is 1. The summed E-state index contributed by atoms with van der Waals surface area (Å²) in [6, 6.07) is 9.10. The number of nitrogens with zero attached hydrogens (tertiary/aromatic N) is 1. The van der Waals surface area contributed by atoms with E-state index in [0.29, 0.717) is 39.1 Å². The van der Waals surface area contributed by atoms with E-state index in [1.165, 1.54) is 11.8 Å². The second kappa shape index (κ2) is 18.1. The van der Waals surface area contributed by atoms with Gasteiger partial charge in [0.2, 0.25) is 0 Å². The molecule has 0 fully saturated rings. The number of nitrogens with one attached hydrogen (secondary N) is 2. The van der Waals surface area contributed by atoms with Crippen LogP contribution in [-0.2, 0) is 11.0 Å². The molecule has 0 aliphatic rings. The average Bonchev–Trinajstić information content (AvgIpc) is 2.97. The fraction of sp³-hybridized carbons (Fsp3) is 0.441. The fourth-order valence-electron chi connectivity index (χ4n) is 4.48. The van der Waals surface area contributed by atoms with E-state index >= 15 is 0 Å². The number of hydrogen-bond acceptors (Lipinski definition) is 4. The SMILES string of the molecule is C=CS/C(C(=C)/C=C\NC(=NC(CC)CCCC)C(C)CC)=C(\C)Oc1c(C)cc(NS(=O)CC(F)(F)F)c2ccccc12. The van der Waals surface area contributed by atoms with Crippen molar-refractivity contribution in [2.24, 2.45) is 10.9 Å². The maximum atomic E-state index is 12.8. The molecule has 44 heavy (non-hydrogen) atoms. The van der Waals surface area contributed by atoms with Gasteiger partial charge in [-0.1, -0.05) is 89.7 Å². The van der Waals surface area contributed by atoms with Crippen LogP contribution < -0.4 is 14.8 Å². The van der Waals surface area contributed by atoms with Gasteiger partial charge < -0.3 is 14.8 Å². The number of thioether (sulfide) groups is 1. The number of alkyl halides is 3. The van der Waals surface area contributed by atoms with Crippen molar-refractivity contribution in [2.75, 3.05) is 10.5 Å². The molecule has 242 valence electrons. The van der Waals surface area contributed by atoms with Crippen molar-refractivity contribution in [1.82, 2.24) is 5.32 Å². The van der Waals surface area contributed by atoms with Crippen LogP contribution in [0.2, 0.25) is 0 Å². The highest BCUT2D eigenvalue weighted by Crippen LogP contribution is 2.38. The third-order valence-electron chi connectivity index (χ3n) is 7.05. The van der Waals surface area contributed by atoms with Gasteiger partial charge in [0.15, 0.2) is 0 Å². The Kier molecular flexibility index (Phi) is 15.3. The average molecular weight is 650 g/mol. The van der Waals surface area contributed by atoms with Crippen LogP contribution in [0.3, 0.4) is 0 Å². The van der Waals surface area contributed by atoms with Gasteiger partial charge in [-0.2, -0.15) is 13.2 Å². The van der Waals surface area contributed by atoms with Gasteiger partial charge >= 0.3 is 6.18 Å². The Hall–Kier alpha value is -2.98. The molecule has 0 aliphatic heterocycles. The molecule has 0 saturated heterocycles. The summed E-state index contributed by atoms with van der Waals surface area (Å²) in [5.74, 6) is 0.925.